The average molecular weight is 236 g/mol. The molecule has 63 valence electrons. The maximum absolute atomic E-state index is 3.23. The smallest absolute Gasteiger partial charge is 0 e. The van der Waals surface area contributed by atoms with Crippen LogP contribution in [0.2, 0.25) is 0 Å². The van der Waals surface area contributed by atoms with E-state index in [1.807, 2.05) is 20.4 Å². The van der Waals surface area contributed by atoms with Crippen LogP contribution in [0.4, 0.5) is 5.69 Å². The summed E-state index contributed by atoms with van der Waals surface area (Å²) in [5.74, 6) is 0. The predicted octanol–water partition coefficient (Wildman–Crippen LogP) is 2.69. The molecule has 1 rings (SSSR count). The van der Waals surface area contributed by atoms with Gasteiger partial charge in [-0.3, -0.25) is 0 Å². The average Bonchev–Trinajstić information content (AvgIpc) is 1.98. The van der Waals surface area contributed by atoms with Gasteiger partial charge in [-0.2, -0.15) is 30.7 Å². The molecule has 0 bridgehead atoms. The topological polar surface area (TPSA) is 12.0 Å². The third-order valence-electron chi connectivity index (χ3n) is 1.59. The van der Waals surface area contributed by atoms with E-state index in [9.17, 15) is 0 Å². The Balaban J connectivity index is 0.00000121. The van der Waals surface area contributed by atoms with Gasteiger partial charge < -0.3 is 5.32 Å². The Hall–Kier alpha value is 0.124. The molecule has 1 nitrogen and oxygen atoms in total. The molecule has 1 N–H and O–H groups in total. The quantitative estimate of drug-likeness (QED) is 0.778. The first kappa shape index (κ1) is 12.1. The Morgan fingerprint density at radius 2 is 2.00 bits per heavy atom. The first-order valence-corrected chi connectivity index (χ1v) is 3.78. The van der Waals surface area contributed by atoms with Crippen molar-refractivity contribution in [1.29, 1.82) is 0 Å². The Morgan fingerprint density at radius 3 is 2.58 bits per heavy atom. The molecule has 0 aromatic heterocycles. The van der Waals surface area contributed by atoms with E-state index in [0.29, 0.717) is 0 Å². The number of anilines is 1. The first-order chi connectivity index (χ1) is 5.24. The summed E-state index contributed by atoms with van der Waals surface area (Å²) >= 11 is 0. The monoisotopic (exact) mass is 236 g/mol. The van der Waals surface area contributed by atoms with Crippen molar-refractivity contribution in [3.8, 4) is 0 Å². The first-order valence-electron chi connectivity index (χ1n) is 3.78. The van der Waals surface area contributed by atoms with Crippen molar-refractivity contribution in [3.05, 3.63) is 35.9 Å². The maximum Gasteiger partial charge on any atom is 0 e. The fraction of sp³-hybridized carbons (Fsp3) is 0.300. The van der Waals surface area contributed by atoms with Gasteiger partial charge in [0.1, 0.15) is 0 Å². The summed E-state index contributed by atoms with van der Waals surface area (Å²) in [6, 6.07) is 7.39. The van der Waals surface area contributed by atoms with Crippen molar-refractivity contribution < 1.29 is 32.7 Å². The number of aryl methyl sites for hydroxylation is 2. The minimum Gasteiger partial charge on any atom is -0.555 e. The van der Waals surface area contributed by atoms with Crippen LogP contribution in [0.3, 0.4) is 0 Å². The van der Waals surface area contributed by atoms with Crippen LogP contribution in [0.15, 0.2) is 12.1 Å². The van der Waals surface area contributed by atoms with Crippen LogP contribution >= 0.6 is 0 Å². The van der Waals surface area contributed by atoms with Crippen molar-refractivity contribution in [1.82, 2.24) is 0 Å². The fourth-order valence-electron chi connectivity index (χ4n) is 0.965. The predicted molar refractivity (Wildman–Crippen MR) is 48.3 cm³/mol. The van der Waals surface area contributed by atoms with E-state index in [1.165, 1.54) is 11.1 Å². The standard InChI is InChI=1S/C10H13N.Y/c1-4-11-10-7-8(2)5-6-9(10)3;/h4-6,11H,1-3H3;/q-2;. The molecule has 2 heteroatoms. The molecule has 0 spiro atoms. The van der Waals surface area contributed by atoms with Crippen LogP contribution in [-0.4, -0.2) is 0 Å². The zero-order valence-electron chi connectivity index (χ0n) is 7.81. The molecule has 1 radical (unpaired) electrons. The number of nitrogens with one attached hydrogen (secondary N) is 1. The van der Waals surface area contributed by atoms with Crippen LogP contribution in [-0.2, 0) is 32.7 Å². The Bertz CT molecular complexity index is 246. The molecule has 0 saturated carbocycles. The van der Waals surface area contributed by atoms with Gasteiger partial charge in [0.05, 0.1) is 0 Å². The van der Waals surface area contributed by atoms with Gasteiger partial charge in [0, 0.05) is 32.7 Å². The van der Waals surface area contributed by atoms with Crippen molar-refractivity contribution in [2.75, 3.05) is 5.32 Å². The molecule has 0 saturated heterocycles. The SMILES string of the molecule is C[CH-]Nc1[c-]c(C)ccc1C.[Y]. The second kappa shape index (κ2) is 5.72. The van der Waals surface area contributed by atoms with E-state index in [-0.39, 0.29) is 32.7 Å². The minimum atomic E-state index is 0. The van der Waals surface area contributed by atoms with Gasteiger partial charge in [-0.1, -0.05) is 13.8 Å². The summed E-state index contributed by atoms with van der Waals surface area (Å²) in [4.78, 5) is 0. The number of benzene rings is 1. The zero-order valence-corrected chi connectivity index (χ0v) is 10.6. The summed E-state index contributed by atoms with van der Waals surface area (Å²) in [6.07, 6.45) is 0. The number of hydrogen-bond acceptors (Lipinski definition) is 1. The fourth-order valence-corrected chi connectivity index (χ4v) is 0.965. The van der Waals surface area contributed by atoms with E-state index in [2.05, 4.69) is 30.4 Å². The Kier molecular flexibility index (Phi) is 5.77. The van der Waals surface area contributed by atoms with Gasteiger partial charge in [-0.25, -0.2) is 6.54 Å². The molecule has 0 aliphatic rings. The third-order valence-corrected chi connectivity index (χ3v) is 1.59. The minimum absolute atomic E-state index is 0. The molecular formula is C10H13NY-2. The van der Waals surface area contributed by atoms with Crippen LogP contribution < -0.4 is 5.32 Å². The summed E-state index contributed by atoms with van der Waals surface area (Å²) in [5.41, 5.74) is 3.47. The molecule has 1 aromatic carbocycles. The largest absolute Gasteiger partial charge is 0.555 e. The number of hydrogen-bond donors (Lipinski definition) is 1. The van der Waals surface area contributed by atoms with Crippen LogP contribution in [0, 0.1) is 26.5 Å². The summed E-state index contributed by atoms with van der Waals surface area (Å²) in [7, 11) is 0. The van der Waals surface area contributed by atoms with Crippen LogP contribution in [0.25, 0.3) is 0 Å². The summed E-state index contributed by atoms with van der Waals surface area (Å²) < 4.78 is 0. The van der Waals surface area contributed by atoms with Gasteiger partial charge in [0.15, 0.2) is 0 Å². The third kappa shape index (κ3) is 3.24. The van der Waals surface area contributed by atoms with E-state index >= 15 is 0 Å². The van der Waals surface area contributed by atoms with Gasteiger partial charge in [-0.15, -0.1) is 11.3 Å². The van der Waals surface area contributed by atoms with Gasteiger partial charge in [-0.05, 0) is 0 Å². The molecule has 0 fully saturated rings. The van der Waals surface area contributed by atoms with Gasteiger partial charge in [0.2, 0.25) is 0 Å². The Morgan fingerprint density at radius 1 is 1.33 bits per heavy atom. The molecule has 0 aliphatic carbocycles. The van der Waals surface area contributed by atoms with Crippen molar-refractivity contribution in [3.63, 3.8) is 0 Å². The molecule has 1 aromatic rings. The Labute approximate surface area is 99.8 Å². The molecular weight excluding hydrogens is 223 g/mol. The summed E-state index contributed by atoms with van der Waals surface area (Å²) in [6.45, 7) is 8.00. The van der Waals surface area contributed by atoms with Crippen molar-refractivity contribution in [2.24, 2.45) is 0 Å². The van der Waals surface area contributed by atoms with Crippen molar-refractivity contribution in [2.45, 2.75) is 20.8 Å². The molecule has 0 aliphatic heterocycles. The maximum atomic E-state index is 3.23. The van der Waals surface area contributed by atoms with E-state index in [0.717, 1.165) is 5.69 Å². The van der Waals surface area contributed by atoms with Crippen molar-refractivity contribution >= 4 is 5.69 Å². The molecule has 0 heterocycles. The molecule has 0 unspecified atom stereocenters. The second-order valence-corrected chi connectivity index (χ2v) is 2.63. The van der Waals surface area contributed by atoms with E-state index < -0.39 is 0 Å². The zero-order chi connectivity index (χ0) is 8.27. The normalized spacial score (nSPS) is 8.92. The van der Waals surface area contributed by atoms with Crippen LogP contribution in [0.1, 0.15) is 18.1 Å². The van der Waals surface area contributed by atoms with E-state index in [1.54, 1.807) is 0 Å². The van der Waals surface area contributed by atoms with Crippen LogP contribution in [0.5, 0.6) is 0 Å². The van der Waals surface area contributed by atoms with Gasteiger partial charge in [0.25, 0.3) is 0 Å². The van der Waals surface area contributed by atoms with E-state index in [4.69, 9.17) is 0 Å². The summed E-state index contributed by atoms with van der Waals surface area (Å²) in [5, 5.41) is 3.14. The van der Waals surface area contributed by atoms with Gasteiger partial charge >= 0.3 is 0 Å². The second-order valence-electron chi connectivity index (χ2n) is 2.63. The molecule has 0 amide bonds. The number of rotatable bonds is 2. The molecule has 0 atom stereocenters. The molecule has 12 heavy (non-hydrogen) atoms.